The lowest BCUT2D eigenvalue weighted by atomic mass is 10.2. The zero-order valence-electron chi connectivity index (χ0n) is 8.62. The number of nitrogens with one attached hydrogen (secondary N) is 1. The lowest BCUT2D eigenvalue weighted by molar-refractivity contribution is 0.606. The van der Waals surface area contributed by atoms with Crippen molar-refractivity contribution in [1.82, 2.24) is 0 Å². The van der Waals surface area contributed by atoms with Crippen molar-refractivity contribution >= 4 is 15.7 Å². The summed E-state index contributed by atoms with van der Waals surface area (Å²) in [5.74, 6) is 4.50. The van der Waals surface area contributed by atoms with Gasteiger partial charge in [-0.3, -0.25) is 4.72 Å². The normalized spacial score (nSPS) is 10.4. The Balaban J connectivity index is 3.07. The molecule has 0 amide bonds. The minimum Gasteiger partial charge on any atom is -0.320 e. The number of anilines is 1. The molecular formula is C10H11FN2O2S. The van der Waals surface area contributed by atoms with E-state index in [2.05, 4.69) is 16.6 Å². The summed E-state index contributed by atoms with van der Waals surface area (Å²) in [5.41, 5.74) is 5.54. The summed E-state index contributed by atoms with van der Waals surface area (Å²) in [7, 11) is -3.37. The number of sulfonamides is 1. The molecule has 0 saturated heterocycles. The molecule has 16 heavy (non-hydrogen) atoms. The molecule has 0 aromatic heterocycles. The van der Waals surface area contributed by atoms with Crippen LogP contribution in [0.5, 0.6) is 0 Å². The van der Waals surface area contributed by atoms with E-state index >= 15 is 0 Å². The smallest absolute Gasteiger partial charge is 0.229 e. The van der Waals surface area contributed by atoms with Gasteiger partial charge in [0.2, 0.25) is 10.0 Å². The van der Waals surface area contributed by atoms with Gasteiger partial charge in [0.25, 0.3) is 0 Å². The first-order valence-electron chi connectivity index (χ1n) is 4.38. The lowest BCUT2D eigenvalue weighted by Gasteiger charge is -2.04. The second kappa shape index (κ2) is 4.96. The van der Waals surface area contributed by atoms with Gasteiger partial charge in [-0.1, -0.05) is 11.8 Å². The molecule has 0 bridgehead atoms. The molecule has 0 heterocycles. The van der Waals surface area contributed by atoms with Crippen molar-refractivity contribution in [3.05, 3.63) is 29.6 Å². The van der Waals surface area contributed by atoms with E-state index in [0.717, 1.165) is 12.3 Å². The lowest BCUT2D eigenvalue weighted by Crippen LogP contribution is -2.09. The molecule has 0 aliphatic carbocycles. The van der Waals surface area contributed by atoms with Gasteiger partial charge in [-0.05, 0) is 18.2 Å². The van der Waals surface area contributed by atoms with Crippen molar-refractivity contribution in [3.8, 4) is 11.8 Å². The van der Waals surface area contributed by atoms with Crippen LogP contribution < -0.4 is 10.5 Å². The maximum Gasteiger partial charge on any atom is 0.229 e. The van der Waals surface area contributed by atoms with Gasteiger partial charge in [0, 0.05) is 5.69 Å². The van der Waals surface area contributed by atoms with Gasteiger partial charge in [-0.25, -0.2) is 12.8 Å². The van der Waals surface area contributed by atoms with E-state index in [1.54, 1.807) is 0 Å². The SMILES string of the molecule is CS(=O)(=O)Nc1ccc(F)c(C#CCN)c1. The standard InChI is InChI=1S/C10H11FN2O2S/c1-16(14,15)13-9-4-5-10(11)8(7-9)3-2-6-12/h4-5,7,13H,6,12H2,1H3. The second-order valence-corrected chi connectivity index (χ2v) is 4.82. The van der Waals surface area contributed by atoms with E-state index in [-0.39, 0.29) is 17.8 Å². The van der Waals surface area contributed by atoms with Crippen LogP contribution >= 0.6 is 0 Å². The zero-order chi connectivity index (χ0) is 12.2. The average Bonchev–Trinajstić information content (AvgIpc) is 2.17. The molecule has 3 N–H and O–H groups in total. The summed E-state index contributed by atoms with van der Waals surface area (Å²) in [6, 6.07) is 3.79. The third kappa shape index (κ3) is 3.88. The van der Waals surface area contributed by atoms with Crippen molar-refractivity contribution in [2.75, 3.05) is 17.5 Å². The predicted molar refractivity (Wildman–Crippen MR) is 60.8 cm³/mol. The van der Waals surface area contributed by atoms with E-state index in [0.29, 0.717) is 0 Å². The number of halogens is 1. The fourth-order valence-electron chi connectivity index (χ4n) is 1.04. The van der Waals surface area contributed by atoms with E-state index < -0.39 is 15.8 Å². The van der Waals surface area contributed by atoms with Crippen molar-refractivity contribution < 1.29 is 12.8 Å². The fourth-order valence-corrected chi connectivity index (χ4v) is 1.60. The molecule has 6 heteroatoms. The van der Waals surface area contributed by atoms with Crippen LogP contribution in [0.3, 0.4) is 0 Å². The quantitative estimate of drug-likeness (QED) is 0.742. The Kier molecular flexibility index (Phi) is 3.88. The molecular weight excluding hydrogens is 231 g/mol. The number of hydrogen-bond acceptors (Lipinski definition) is 3. The summed E-state index contributed by atoms with van der Waals surface area (Å²) in [5, 5.41) is 0. The zero-order valence-corrected chi connectivity index (χ0v) is 9.44. The molecule has 0 saturated carbocycles. The van der Waals surface area contributed by atoms with E-state index in [4.69, 9.17) is 5.73 Å². The maximum absolute atomic E-state index is 13.2. The number of rotatable bonds is 2. The fraction of sp³-hybridized carbons (Fsp3) is 0.200. The summed E-state index contributed by atoms with van der Waals surface area (Å²) in [6.45, 7) is 0.114. The molecule has 86 valence electrons. The third-order valence-electron chi connectivity index (χ3n) is 1.59. The summed E-state index contributed by atoms with van der Waals surface area (Å²) in [6.07, 6.45) is 1.02. The van der Waals surface area contributed by atoms with Crippen molar-refractivity contribution in [1.29, 1.82) is 0 Å². The average molecular weight is 242 g/mol. The van der Waals surface area contributed by atoms with E-state index in [1.165, 1.54) is 12.1 Å². The molecule has 0 atom stereocenters. The van der Waals surface area contributed by atoms with E-state index in [9.17, 15) is 12.8 Å². The van der Waals surface area contributed by atoms with Crippen LogP contribution in [0.1, 0.15) is 5.56 Å². The minimum atomic E-state index is -3.37. The molecule has 4 nitrogen and oxygen atoms in total. The van der Waals surface area contributed by atoms with Gasteiger partial charge in [-0.15, -0.1) is 0 Å². The van der Waals surface area contributed by atoms with Gasteiger partial charge in [0.05, 0.1) is 18.4 Å². The van der Waals surface area contributed by atoms with E-state index in [1.807, 2.05) is 0 Å². The van der Waals surface area contributed by atoms with Crippen LogP contribution in [0.25, 0.3) is 0 Å². The van der Waals surface area contributed by atoms with Gasteiger partial charge >= 0.3 is 0 Å². The predicted octanol–water partition coefficient (Wildman–Crippen LogP) is 0.507. The molecule has 0 aliphatic rings. The van der Waals surface area contributed by atoms with Gasteiger partial charge in [-0.2, -0.15) is 0 Å². The number of benzene rings is 1. The summed E-state index contributed by atoms with van der Waals surface area (Å²) in [4.78, 5) is 0. The minimum absolute atomic E-state index is 0.110. The van der Waals surface area contributed by atoms with Crippen LogP contribution in [-0.2, 0) is 10.0 Å². The van der Waals surface area contributed by atoms with Crippen LogP contribution in [-0.4, -0.2) is 21.2 Å². The molecule has 0 unspecified atom stereocenters. The summed E-state index contributed by atoms with van der Waals surface area (Å²) < 4.78 is 37.3. The topological polar surface area (TPSA) is 72.2 Å². The number of nitrogens with two attached hydrogens (primary N) is 1. The molecule has 1 aromatic rings. The maximum atomic E-state index is 13.2. The Morgan fingerprint density at radius 2 is 2.19 bits per heavy atom. The van der Waals surface area contributed by atoms with Crippen LogP contribution in [0.2, 0.25) is 0 Å². The Hall–Kier alpha value is -1.58. The molecule has 0 fully saturated rings. The molecule has 0 aliphatic heterocycles. The van der Waals surface area contributed by atoms with Crippen LogP contribution in [0.4, 0.5) is 10.1 Å². The first kappa shape index (κ1) is 12.5. The van der Waals surface area contributed by atoms with Crippen LogP contribution in [0, 0.1) is 17.7 Å². The monoisotopic (exact) mass is 242 g/mol. The first-order valence-corrected chi connectivity index (χ1v) is 6.28. The first-order chi connectivity index (χ1) is 7.42. The highest BCUT2D eigenvalue weighted by Gasteiger charge is 2.05. The molecule has 0 spiro atoms. The van der Waals surface area contributed by atoms with Crippen LogP contribution in [0.15, 0.2) is 18.2 Å². The molecule has 1 aromatic carbocycles. The Morgan fingerprint density at radius 1 is 1.50 bits per heavy atom. The number of hydrogen-bond donors (Lipinski definition) is 2. The second-order valence-electron chi connectivity index (χ2n) is 3.07. The Bertz CT molecular complexity index is 544. The molecule has 1 rings (SSSR count). The van der Waals surface area contributed by atoms with Gasteiger partial charge in [0.15, 0.2) is 0 Å². The van der Waals surface area contributed by atoms with Crippen molar-refractivity contribution in [2.45, 2.75) is 0 Å². The summed E-state index contributed by atoms with van der Waals surface area (Å²) >= 11 is 0. The highest BCUT2D eigenvalue weighted by atomic mass is 32.2. The Morgan fingerprint density at radius 3 is 2.75 bits per heavy atom. The van der Waals surface area contributed by atoms with Crippen molar-refractivity contribution in [2.24, 2.45) is 5.73 Å². The van der Waals surface area contributed by atoms with Gasteiger partial charge < -0.3 is 5.73 Å². The largest absolute Gasteiger partial charge is 0.320 e. The molecule has 0 radical (unpaired) electrons. The van der Waals surface area contributed by atoms with Gasteiger partial charge in [0.1, 0.15) is 5.82 Å². The van der Waals surface area contributed by atoms with Crippen molar-refractivity contribution in [3.63, 3.8) is 0 Å². The third-order valence-corrected chi connectivity index (χ3v) is 2.20. The highest BCUT2D eigenvalue weighted by Crippen LogP contribution is 2.14. The Labute approximate surface area is 93.7 Å². The highest BCUT2D eigenvalue weighted by molar-refractivity contribution is 7.92.